The molecular formula is C12H16ClNO. The summed E-state index contributed by atoms with van der Waals surface area (Å²) in [5.74, 6) is 1.60. The van der Waals surface area contributed by atoms with Crippen molar-refractivity contribution in [2.75, 3.05) is 13.1 Å². The highest BCUT2D eigenvalue weighted by Crippen LogP contribution is 2.20. The maximum atomic E-state index is 5.81. The molecule has 1 aromatic rings. The molecule has 0 saturated carbocycles. The van der Waals surface area contributed by atoms with Gasteiger partial charge in [-0.05, 0) is 43.0 Å². The smallest absolute Gasteiger partial charge is 0.147 e. The zero-order valence-corrected chi connectivity index (χ0v) is 9.70. The van der Waals surface area contributed by atoms with Crippen LogP contribution in [-0.4, -0.2) is 18.2 Å². The fourth-order valence-corrected chi connectivity index (χ4v) is 2.00. The number of nitrogens with zero attached hydrogens (tertiary/aromatic N) is 1. The topological polar surface area (TPSA) is 12.5 Å². The van der Waals surface area contributed by atoms with E-state index in [0.29, 0.717) is 0 Å². The standard InChI is InChI=1S/C12H16ClNO/c1-10-3-2-8-14(9-10)15-12-6-4-11(13)5-7-12/h4-7,10H,2-3,8-9H2,1H3. The largest absolute Gasteiger partial charge is 0.406 e. The third-order valence-corrected chi connectivity index (χ3v) is 2.92. The monoisotopic (exact) mass is 225 g/mol. The third kappa shape index (κ3) is 3.11. The predicted octanol–water partition coefficient (Wildman–Crippen LogP) is 3.37. The molecule has 2 nitrogen and oxygen atoms in total. The first-order valence-corrected chi connectivity index (χ1v) is 5.80. The number of hydroxylamine groups is 2. The number of halogens is 1. The van der Waals surface area contributed by atoms with Crippen molar-refractivity contribution in [2.24, 2.45) is 5.92 Å². The molecule has 1 aliphatic heterocycles. The van der Waals surface area contributed by atoms with Crippen molar-refractivity contribution in [1.82, 2.24) is 5.06 Å². The van der Waals surface area contributed by atoms with Gasteiger partial charge in [0.15, 0.2) is 0 Å². The molecule has 1 heterocycles. The molecule has 0 N–H and O–H groups in total. The first-order chi connectivity index (χ1) is 7.24. The van der Waals surface area contributed by atoms with Crippen LogP contribution in [0.15, 0.2) is 24.3 Å². The van der Waals surface area contributed by atoms with Gasteiger partial charge in [-0.1, -0.05) is 18.5 Å². The number of rotatable bonds is 2. The molecule has 3 heteroatoms. The minimum absolute atomic E-state index is 0.728. The van der Waals surface area contributed by atoms with Gasteiger partial charge < -0.3 is 4.84 Å². The van der Waals surface area contributed by atoms with Crippen molar-refractivity contribution in [3.63, 3.8) is 0 Å². The van der Waals surface area contributed by atoms with Gasteiger partial charge in [-0.3, -0.25) is 0 Å². The van der Waals surface area contributed by atoms with Gasteiger partial charge in [0.05, 0.1) is 0 Å². The van der Waals surface area contributed by atoms with Crippen molar-refractivity contribution >= 4 is 11.6 Å². The molecule has 82 valence electrons. The molecule has 1 saturated heterocycles. The number of benzene rings is 1. The highest BCUT2D eigenvalue weighted by Gasteiger charge is 2.17. The van der Waals surface area contributed by atoms with E-state index in [1.54, 1.807) is 0 Å². The summed E-state index contributed by atoms with van der Waals surface area (Å²) in [7, 11) is 0. The van der Waals surface area contributed by atoms with Crippen molar-refractivity contribution < 1.29 is 4.84 Å². The van der Waals surface area contributed by atoms with Gasteiger partial charge in [0.1, 0.15) is 5.75 Å². The summed E-state index contributed by atoms with van der Waals surface area (Å²) in [6.07, 6.45) is 2.52. The molecule has 15 heavy (non-hydrogen) atoms. The Labute approximate surface area is 95.7 Å². The molecule has 1 fully saturated rings. The fraction of sp³-hybridized carbons (Fsp3) is 0.500. The Bertz CT molecular complexity index is 312. The average molecular weight is 226 g/mol. The first-order valence-electron chi connectivity index (χ1n) is 5.42. The molecule has 1 aliphatic rings. The summed E-state index contributed by atoms with van der Waals surface area (Å²) < 4.78 is 0. The van der Waals surface area contributed by atoms with Crippen LogP contribution in [0.2, 0.25) is 5.02 Å². The van der Waals surface area contributed by atoms with Crippen LogP contribution >= 0.6 is 11.6 Å². The van der Waals surface area contributed by atoms with Crippen LogP contribution in [0.25, 0.3) is 0 Å². The molecule has 0 aliphatic carbocycles. The van der Waals surface area contributed by atoms with Crippen molar-refractivity contribution in [2.45, 2.75) is 19.8 Å². The van der Waals surface area contributed by atoms with E-state index in [4.69, 9.17) is 16.4 Å². The molecule has 0 radical (unpaired) electrons. The molecule has 1 aromatic carbocycles. The third-order valence-electron chi connectivity index (χ3n) is 2.67. The fourth-order valence-electron chi connectivity index (χ4n) is 1.87. The summed E-state index contributed by atoms with van der Waals surface area (Å²) in [5, 5.41) is 2.78. The summed E-state index contributed by atoms with van der Waals surface area (Å²) >= 11 is 5.81. The lowest BCUT2D eigenvalue weighted by Gasteiger charge is -2.29. The van der Waals surface area contributed by atoms with Crippen molar-refractivity contribution in [1.29, 1.82) is 0 Å². The average Bonchev–Trinajstić information content (AvgIpc) is 2.22. The van der Waals surface area contributed by atoms with Gasteiger partial charge in [-0.15, -0.1) is 5.06 Å². The molecule has 1 atom stereocenters. The van der Waals surface area contributed by atoms with Crippen LogP contribution in [-0.2, 0) is 0 Å². The minimum atomic E-state index is 0.728. The molecule has 0 amide bonds. The number of piperidine rings is 1. The molecule has 1 unspecified atom stereocenters. The summed E-state index contributed by atoms with van der Waals surface area (Å²) in [6.45, 7) is 4.30. The minimum Gasteiger partial charge on any atom is -0.406 e. The lowest BCUT2D eigenvalue weighted by atomic mass is 10.0. The Morgan fingerprint density at radius 1 is 1.33 bits per heavy atom. The maximum absolute atomic E-state index is 5.81. The highest BCUT2D eigenvalue weighted by molar-refractivity contribution is 6.30. The Morgan fingerprint density at radius 2 is 2.07 bits per heavy atom. The summed E-state index contributed by atoms with van der Waals surface area (Å²) in [5.41, 5.74) is 0. The van der Waals surface area contributed by atoms with Gasteiger partial charge >= 0.3 is 0 Å². The molecule has 0 spiro atoms. The van der Waals surface area contributed by atoms with Crippen LogP contribution in [0, 0.1) is 5.92 Å². The second-order valence-electron chi connectivity index (χ2n) is 4.18. The van der Waals surface area contributed by atoms with Gasteiger partial charge in [0.25, 0.3) is 0 Å². The summed E-state index contributed by atoms with van der Waals surface area (Å²) in [6, 6.07) is 7.51. The second-order valence-corrected chi connectivity index (χ2v) is 4.62. The Hall–Kier alpha value is -0.730. The van der Waals surface area contributed by atoms with E-state index < -0.39 is 0 Å². The van der Waals surface area contributed by atoms with Crippen LogP contribution in [0.1, 0.15) is 19.8 Å². The van der Waals surface area contributed by atoms with Gasteiger partial charge in [0, 0.05) is 18.1 Å². The molecular weight excluding hydrogens is 210 g/mol. The van der Waals surface area contributed by atoms with E-state index >= 15 is 0 Å². The number of hydrogen-bond donors (Lipinski definition) is 0. The zero-order valence-electron chi connectivity index (χ0n) is 8.95. The van der Waals surface area contributed by atoms with Crippen molar-refractivity contribution in [3.8, 4) is 5.75 Å². The van der Waals surface area contributed by atoms with Gasteiger partial charge in [-0.2, -0.15) is 0 Å². The van der Waals surface area contributed by atoms with E-state index in [0.717, 1.165) is 29.8 Å². The maximum Gasteiger partial charge on any atom is 0.147 e. The second kappa shape index (κ2) is 4.86. The number of hydrogen-bond acceptors (Lipinski definition) is 2. The van der Waals surface area contributed by atoms with Crippen LogP contribution in [0.3, 0.4) is 0 Å². The Balaban J connectivity index is 1.93. The lowest BCUT2D eigenvalue weighted by Crippen LogP contribution is -2.36. The molecule has 2 rings (SSSR count). The van der Waals surface area contributed by atoms with E-state index in [-0.39, 0.29) is 0 Å². The first kappa shape index (κ1) is 10.8. The quantitative estimate of drug-likeness (QED) is 0.765. The van der Waals surface area contributed by atoms with E-state index in [2.05, 4.69) is 6.92 Å². The van der Waals surface area contributed by atoms with Gasteiger partial charge in [0.2, 0.25) is 0 Å². The Morgan fingerprint density at radius 3 is 2.73 bits per heavy atom. The van der Waals surface area contributed by atoms with Crippen LogP contribution in [0.4, 0.5) is 0 Å². The highest BCUT2D eigenvalue weighted by atomic mass is 35.5. The van der Waals surface area contributed by atoms with E-state index in [9.17, 15) is 0 Å². The molecule has 0 aromatic heterocycles. The molecule has 0 bridgehead atoms. The van der Waals surface area contributed by atoms with E-state index in [1.807, 2.05) is 29.3 Å². The SMILES string of the molecule is CC1CCCN(Oc2ccc(Cl)cc2)C1. The predicted molar refractivity (Wildman–Crippen MR) is 62.1 cm³/mol. The van der Waals surface area contributed by atoms with Crippen LogP contribution in [0.5, 0.6) is 5.75 Å². The van der Waals surface area contributed by atoms with Crippen LogP contribution < -0.4 is 4.84 Å². The zero-order chi connectivity index (χ0) is 10.7. The normalized spacial score (nSPS) is 22.7. The van der Waals surface area contributed by atoms with Gasteiger partial charge in [-0.25, -0.2) is 0 Å². The lowest BCUT2D eigenvalue weighted by molar-refractivity contribution is -0.0851. The summed E-state index contributed by atoms with van der Waals surface area (Å²) in [4.78, 5) is 5.76. The van der Waals surface area contributed by atoms with Crippen molar-refractivity contribution in [3.05, 3.63) is 29.3 Å². The Kier molecular flexibility index (Phi) is 3.49. The van der Waals surface area contributed by atoms with E-state index in [1.165, 1.54) is 12.8 Å².